The second-order valence-corrected chi connectivity index (χ2v) is 15.1. The van der Waals surface area contributed by atoms with Crippen LogP contribution in [0.1, 0.15) is 57.7 Å². The molecule has 0 aliphatic heterocycles. The van der Waals surface area contributed by atoms with Crippen molar-refractivity contribution in [1.82, 2.24) is 55.7 Å². The van der Waals surface area contributed by atoms with Crippen molar-refractivity contribution in [2.75, 3.05) is 19.8 Å². The molecular weight excluding hydrogens is 815 g/mol. The highest BCUT2D eigenvalue weighted by Crippen LogP contribution is 2.36. The number of hydrogen-bond acceptors (Lipinski definition) is 13. The number of rotatable bonds is 16. The molecule has 64 heavy (non-hydrogen) atoms. The summed E-state index contributed by atoms with van der Waals surface area (Å²) in [6.45, 7) is 7.03. The lowest BCUT2D eigenvalue weighted by molar-refractivity contribution is -0.155. The molecule has 17 heteroatoms. The zero-order valence-electron chi connectivity index (χ0n) is 35.7. The van der Waals surface area contributed by atoms with E-state index in [1.54, 1.807) is 50.6 Å². The van der Waals surface area contributed by atoms with Gasteiger partial charge in [-0.2, -0.15) is 5.21 Å². The van der Waals surface area contributed by atoms with Crippen LogP contribution in [0.15, 0.2) is 109 Å². The molecule has 4 heterocycles. The first-order valence-corrected chi connectivity index (χ1v) is 21.0. The van der Waals surface area contributed by atoms with Gasteiger partial charge in [-0.3, -0.25) is 9.69 Å². The molecule has 4 aromatic heterocycles. The lowest BCUT2D eigenvalue weighted by atomic mass is 9.81. The monoisotopic (exact) mass is 859 g/mol. The number of aromatic nitrogens is 10. The number of benzene rings is 4. The molecule has 8 aromatic rings. The van der Waals surface area contributed by atoms with Crippen molar-refractivity contribution in [2.45, 2.75) is 53.1 Å². The van der Waals surface area contributed by atoms with Gasteiger partial charge in [0.15, 0.2) is 11.9 Å². The number of carbonyl (C=O) groups is 3. The van der Waals surface area contributed by atoms with Gasteiger partial charge in [0, 0.05) is 39.6 Å². The average molecular weight is 860 g/mol. The Morgan fingerprint density at radius 2 is 1.36 bits per heavy atom. The summed E-state index contributed by atoms with van der Waals surface area (Å²) in [4.78, 5) is 51.0. The Kier molecular flexibility index (Phi) is 12.4. The van der Waals surface area contributed by atoms with Crippen LogP contribution in [0.2, 0.25) is 0 Å². The van der Waals surface area contributed by atoms with Crippen molar-refractivity contribution < 1.29 is 29.0 Å². The second-order valence-electron chi connectivity index (χ2n) is 15.1. The van der Waals surface area contributed by atoms with Gasteiger partial charge in [0.1, 0.15) is 0 Å². The first-order valence-electron chi connectivity index (χ1n) is 21.0. The highest BCUT2D eigenvalue weighted by atomic mass is 16.6. The zero-order chi connectivity index (χ0) is 44.8. The van der Waals surface area contributed by atoms with Crippen molar-refractivity contribution >= 4 is 39.8 Å². The summed E-state index contributed by atoms with van der Waals surface area (Å²) in [5, 5.41) is 39.3. The number of ether oxygens (including phenoxy) is 2. The van der Waals surface area contributed by atoms with Crippen molar-refractivity contribution in [2.24, 2.45) is 5.41 Å². The molecule has 0 radical (unpaired) electrons. The molecule has 4 aromatic carbocycles. The lowest BCUT2D eigenvalue weighted by Gasteiger charge is -2.37. The third-order valence-electron chi connectivity index (χ3n) is 11.5. The molecule has 0 bridgehead atoms. The third kappa shape index (κ3) is 8.47. The summed E-state index contributed by atoms with van der Waals surface area (Å²) < 4.78 is 12.6. The molecule has 0 aliphatic rings. The fraction of sp³-hybridized carbons (Fsp3) is 0.255. The number of nitrogens with one attached hydrogen (secondary N) is 1. The Labute approximate surface area is 367 Å². The van der Waals surface area contributed by atoms with Crippen LogP contribution in [0, 0.1) is 5.41 Å². The Morgan fingerprint density at radius 1 is 0.734 bits per heavy atom. The number of tetrazole rings is 2. The molecule has 1 unspecified atom stereocenters. The van der Waals surface area contributed by atoms with E-state index in [9.17, 15) is 19.5 Å². The van der Waals surface area contributed by atoms with E-state index < -0.39 is 29.5 Å². The number of carboxylic acid groups (broad SMARTS) is 1. The number of carboxylic acids is 1. The average Bonchev–Trinajstić information content (AvgIpc) is 4.03. The molecule has 0 fully saturated rings. The molecule has 2 N–H and O–H groups in total. The molecule has 1 amide bonds. The van der Waals surface area contributed by atoms with E-state index in [1.807, 2.05) is 84.9 Å². The van der Waals surface area contributed by atoms with Crippen LogP contribution in [0.4, 0.5) is 4.79 Å². The zero-order valence-corrected chi connectivity index (χ0v) is 35.7. The molecule has 0 saturated carbocycles. The maximum Gasteiger partial charge on any atom is 0.410 e. The van der Waals surface area contributed by atoms with E-state index in [0.717, 1.165) is 44.4 Å². The molecule has 0 aliphatic carbocycles. The highest BCUT2D eigenvalue weighted by Gasteiger charge is 2.43. The van der Waals surface area contributed by atoms with E-state index in [2.05, 4.69) is 42.2 Å². The minimum Gasteiger partial charge on any atom is -0.481 e. The van der Waals surface area contributed by atoms with E-state index in [-0.39, 0.29) is 32.6 Å². The normalized spacial score (nSPS) is 12.0. The lowest BCUT2D eigenvalue weighted by Crippen LogP contribution is -2.49. The predicted molar refractivity (Wildman–Crippen MR) is 237 cm³/mol. The van der Waals surface area contributed by atoms with Gasteiger partial charge < -0.3 is 14.6 Å². The topological polar surface area (TPSA) is 217 Å². The Bertz CT molecular complexity index is 2970. The maximum absolute atomic E-state index is 13.7. The molecule has 0 spiro atoms. The number of carbonyl (C=O) groups excluding carboxylic acids is 2. The molecular formula is C47H45N11O6. The number of H-pyrrole nitrogens is 1. The number of aliphatic carboxylic acids is 1. The van der Waals surface area contributed by atoms with Crippen molar-refractivity contribution in [3.8, 4) is 45.3 Å². The van der Waals surface area contributed by atoms with Crippen LogP contribution in [0.25, 0.3) is 67.1 Å². The number of hydrogen-bond donors (Lipinski definition) is 2. The first-order chi connectivity index (χ1) is 31.2. The standard InChI is InChI=1S/C47H45N11O6/c1-5-47(6-2,45(60)61)28-57(46(62)64-8-4)41(44(59)63-7-3)32-20-22-38-31(26-32)19-24-40(49-38)34-14-10-12-16-36(34)43-52-55-56-58(43)27-29-17-21-37-30(25-29)18-23-39(48-37)33-13-9-11-15-35(33)42-50-53-54-51-42/h9-26,41H,5-8,27-28H2,1-4H3,(H,60,61)(H,50,51,53,54). The van der Waals surface area contributed by atoms with Gasteiger partial charge in [-0.1, -0.05) is 86.6 Å². The number of pyridine rings is 2. The molecule has 1 atom stereocenters. The maximum atomic E-state index is 13.7. The van der Waals surface area contributed by atoms with Crippen molar-refractivity contribution in [1.29, 1.82) is 0 Å². The summed E-state index contributed by atoms with van der Waals surface area (Å²) in [5.74, 6) is -0.731. The molecule has 8 rings (SSSR count). The second kappa shape index (κ2) is 18.6. The van der Waals surface area contributed by atoms with Gasteiger partial charge in [0.2, 0.25) is 5.82 Å². The predicted octanol–water partition coefficient (Wildman–Crippen LogP) is 7.95. The summed E-state index contributed by atoms with van der Waals surface area (Å²) in [7, 11) is 0. The molecule has 0 saturated heterocycles. The van der Waals surface area contributed by atoms with Gasteiger partial charge in [0.05, 0.1) is 47.6 Å². The fourth-order valence-electron chi connectivity index (χ4n) is 7.95. The first kappa shape index (κ1) is 42.7. The number of fused-ring (bicyclic) bond motifs is 2. The van der Waals surface area contributed by atoms with Crippen LogP contribution in [0.3, 0.4) is 0 Å². The van der Waals surface area contributed by atoms with Crippen LogP contribution >= 0.6 is 0 Å². The smallest absolute Gasteiger partial charge is 0.410 e. The number of nitrogens with zero attached hydrogens (tertiary/aromatic N) is 10. The molecule has 17 nitrogen and oxygen atoms in total. The minimum atomic E-state index is -1.32. The fourth-order valence-corrected chi connectivity index (χ4v) is 7.95. The quantitative estimate of drug-likeness (QED) is 0.0882. The summed E-state index contributed by atoms with van der Waals surface area (Å²) in [6, 6.07) is 33.3. The summed E-state index contributed by atoms with van der Waals surface area (Å²) >= 11 is 0. The third-order valence-corrected chi connectivity index (χ3v) is 11.5. The van der Waals surface area contributed by atoms with Crippen LogP contribution in [-0.4, -0.2) is 98.6 Å². The van der Waals surface area contributed by atoms with Gasteiger partial charge >= 0.3 is 18.0 Å². The van der Waals surface area contributed by atoms with Gasteiger partial charge in [-0.05, 0) is 89.9 Å². The number of esters is 1. The van der Waals surface area contributed by atoms with Gasteiger partial charge in [0.25, 0.3) is 0 Å². The van der Waals surface area contributed by atoms with Crippen LogP contribution < -0.4 is 0 Å². The largest absolute Gasteiger partial charge is 0.481 e. The number of amides is 1. The van der Waals surface area contributed by atoms with Gasteiger partial charge in [-0.15, -0.1) is 15.3 Å². The van der Waals surface area contributed by atoms with E-state index in [0.29, 0.717) is 40.4 Å². The van der Waals surface area contributed by atoms with E-state index in [1.165, 1.54) is 4.90 Å². The Hall–Kier alpha value is -7.95. The van der Waals surface area contributed by atoms with Crippen LogP contribution in [0.5, 0.6) is 0 Å². The van der Waals surface area contributed by atoms with E-state index >= 15 is 0 Å². The Morgan fingerprint density at radius 3 is 1.98 bits per heavy atom. The van der Waals surface area contributed by atoms with Crippen molar-refractivity contribution in [3.05, 3.63) is 120 Å². The Balaban J connectivity index is 1.08. The van der Waals surface area contributed by atoms with Crippen molar-refractivity contribution in [3.63, 3.8) is 0 Å². The van der Waals surface area contributed by atoms with Crippen LogP contribution in [-0.2, 0) is 25.6 Å². The molecule has 324 valence electrons. The van der Waals surface area contributed by atoms with E-state index in [4.69, 9.17) is 19.4 Å². The SMILES string of the molecule is CCOC(=O)C(c1ccc2nc(-c3ccccc3-c3nnnn3Cc3ccc4nc(-c5ccccc5-c5nn[nH]n5)ccc4c3)ccc2c1)N(CC(CC)(CC)C(=O)O)C(=O)OCC. The summed E-state index contributed by atoms with van der Waals surface area (Å²) in [5.41, 5.74) is 6.24. The number of aromatic amines is 1. The minimum absolute atomic E-state index is 0.0330. The highest BCUT2D eigenvalue weighted by molar-refractivity contribution is 5.89. The van der Waals surface area contributed by atoms with Gasteiger partial charge in [-0.25, -0.2) is 24.2 Å². The summed E-state index contributed by atoms with van der Waals surface area (Å²) in [6.07, 6.45) is -0.355.